The number of benzene rings is 2. The molecule has 2 N–H and O–H groups in total. The molecule has 0 saturated carbocycles. The number of fused-ring (bicyclic) bond motifs is 1. The lowest BCUT2D eigenvalue weighted by molar-refractivity contribution is 0.0696. The van der Waals surface area contributed by atoms with Crippen LogP contribution in [0.25, 0.3) is 0 Å². The third-order valence-electron chi connectivity index (χ3n) is 3.28. The van der Waals surface area contributed by atoms with Gasteiger partial charge in [-0.15, -0.1) is 0 Å². The highest BCUT2D eigenvalue weighted by Crippen LogP contribution is 2.38. The standard InChI is InChI=1S/C15H12ClNO6S/c16-10-5-4-9(15(18)19)8-13(10)24(20,21)17-11-2-1-3-12-14(11)23-7-6-22-12/h1-5,8,17H,6-7H2,(H,18,19). The third-order valence-corrected chi connectivity index (χ3v) is 5.13. The Bertz CT molecular complexity index is 912. The van der Waals surface area contributed by atoms with Gasteiger partial charge in [0.1, 0.15) is 18.1 Å². The average Bonchev–Trinajstić information content (AvgIpc) is 2.55. The van der Waals surface area contributed by atoms with Gasteiger partial charge in [0.05, 0.1) is 16.3 Å². The quantitative estimate of drug-likeness (QED) is 0.858. The molecule has 24 heavy (non-hydrogen) atoms. The number of carboxylic acid groups (broad SMARTS) is 1. The Morgan fingerprint density at radius 1 is 1.17 bits per heavy atom. The Morgan fingerprint density at radius 2 is 1.92 bits per heavy atom. The molecule has 0 amide bonds. The highest BCUT2D eigenvalue weighted by Gasteiger charge is 2.24. The molecule has 0 aliphatic carbocycles. The normalized spacial score (nSPS) is 13.4. The largest absolute Gasteiger partial charge is 0.486 e. The van der Waals surface area contributed by atoms with E-state index in [2.05, 4.69) is 4.72 Å². The second-order valence-corrected chi connectivity index (χ2v) is 6.94. The van der Waals surface area contributed by atoms with E-state index in [4.69, 9.17) is 26.2 Å². The highest BCUT2D eigenvalue weighted by atomic mass is 35.5. The van der Waals surface area contributed by atoms with E-state index in [9.17, 15) is 13.2 Å². The number of anilines is 1. The van der Waals surface area contributed by atoms with Crippen LogP contribution in [0.2, 0.25) is 5.02 Å². The van der Waals surface area contributed by atoms with Crippen LogP contribution < -0.4 is 14.2 Å². The number of hydrogen-bond acceptors (Lipinski definition) is 5. The fraction of sp³-hybridized carbons (Fsp3) is 0.133. The van der Waals surface area contributed by atoms with Crippen molar-refractivity contribution in [3.63, 3.8) is 0 Å². The minimum absolute atomic E-state index is 0.0885. The van der Waals surface area contributed by atoms with Crippen LogP contribution in [0, 0.1) is 0 Å². The van der Waals surface area contributed by atoms with Gasteiger partial charge in [0, 0.05) is 0 Å². The number of hydrogen-bond donors (Lipinski definition) is 2. The third kappa shape index (κ3) is 3.10. The maximum atomic E-state index is 12.6. The first-order chi connectivity index (χ1) is 11.4. The van der Waals surface area contributed by atoms with Gasteiger partial charge in [0.15, 0.2) is 11.5 Å². The number of rotatable bonds is 4. The number of ether oxygens (including phenoxy) is 2. The van der Waals surface area contributed by atoms with Crippen LogP contribution in [0.1, 0.15) is 10.4 Å². The van der Waals surface area contributed by atoms with Gasteiger partial charge in [-0.2, -0.15) is 0 Å². The molecule has 2 aromatic rings. The maximum Gasteiger partial charge on any atom is 0.335 e. The van der Waals surface area contributed by atoms with Crippen molar-refractivity contribution in [2.24, 2.45) is 0 Å². The van der Waals surface area contributed by atoms with Crippen molar-refractivity contribution in [2.45, 2.75) is 4.90 Å². The molecule has 0 fully saturated rings. The van der Waals surface area contributed by atoms with Crippen LogP contribution in [0.3, 0.4) is 0 Å². The second kappa shape index (κ2) is 6.21. The molecule has 1 aliphatic rings. The predicted octanol–water partition coefficient (Wildman–Crippen LogP) is 2.61. The molecule has 0 unspecified atom stereocenters. The number of para-hydroxylation sites is 1. The zero-order valence-corrected chi connectivity index (χ0v) is 13.7. The van der Waals surface area contributed by atoms with E-state index in [1.807, 2.05) is 0 Å². The van der Waals surface area contributed by atoms with E-state index in [-0.39, 0.29) is 26.9 Å². The van der Waals surface area contributed by atoms with Gasteiger partial charge in [-0.05, 0) is 30.3 Å². The minimum atomic E-state index is -4.11. The summed E-state index contributed by atoms with van der Waals surface area (Å²) < 4.78 is 38.4. The van der Waals surface area contributed by atoms with Crippen LogP contribution >= 0.6 is 11.6 Å². The number of nitrogens with one attached hydrogen (secondary N) is 1. The van der Waals surface area contributed by atoms with E-state index in [0.717, 1.165) is 6.07 Å². The molecule has 1 heterocycles. The number of carbonyl (C=O) groups is 1. The molecule has 9 heteroatoms. The first-order valence-electron chi connectivity index (χ1n) is 6.83. The fourth-order valence-electron chi connectivity index (χ4n) is 2.20. The van der Waals surface area contributed by atoms with Crippen LogP contribution in [-0.4, -0.2) is 32.7 Å². The summed E-state index contributed by atoms with van der Waals surface area (Å²) >= 11 is 5.93. The number of aromatic carboxylic acids is 1. The molecule has 7 nitrogen and oxygen atoms in total. The van der Waals surface area contributed by atoms with E-state index >= 15 is 0 Å². The Morgan fingerprint density at radius 3 is 2.67 bits per heavy atom. The molecular weight excluding hydrogens is 358 g/mol. The smallest absolute Gasteiger partial charge is 0.335 e. The van der Waals surface area contributed by atoms with E-state index in [1.165, 1.54) is 18.2 Å². The van der Waals surface area contributed by atoms with E-state index < -0.39 is 16.0 Å². The molecule has 1 aliphatic heterocycles. The lowest BCUT2D eigenvalue weighted by atomic mass is 10.2. The highest BCUT2D eigenvalue weighted by molar-refractivity contribution is 7.92. The van der Waals surface area contributed by atoms with Crippen molar-refractivity contribution >= 4 is 33.3 Å². The fourth-order valence-corrected chi connectivity index (χ4v) is 3.79. The van der Waals surface area contributed by atoms with Gasteiger partial charge in [-0.1, -0.05) is 17.7 Å². The van der Waals surface area contributed by atoms with Gasteiger partial charge in [0.25, 0.3) is 10.0 Å². The van der Waals surface area contributed by atoms with Crippen molar-refractivity contribution in [3.8, 4) is 11.5 Å². The summed E-state index contributed by atoms with van der Waals surface area (Å²) in [6, 6.07) is 8.23. The number of sulfonamides is 1. The summed E-state index contributed by atoms with van der Waals surface area (Å²) in [5.41, 5.74) is -0.00144. The van der Waals surface area contributed by atoms with Gasteiger partial charge >= 0.3 is 5.97 Å². The number of carboxylic acids is 1. The van der Waals surface area contributed by atoms with Gasteiger partial charge in [-0.3, -0.25) is 4.72 Å². The lowest BCUT2D eigenvalue weighted by Crippen LogP contribution is -2.19. The lowest BCUT2D eigenvalue weighted by Gasteiger charge is -2.21. The molecule has 0 aromatic heterocycles. The van der Waals surface area contributed by atoms with Gasteiger partial charge in [-0.25, -0.2) is 13.2 Å². The second-order valence-electron chi connectivity index (χ2n) is 4.89. The zero-order valence-electron chi connectivity index (χ0n) is 12.2. The monoisotopic (exact) mass is 369 g/mol. The Hall–Kier alpha value is -2.45. The Kier molecular flexibility index (Phi) is 4.25. The van der Waals surface area contributed by atoms with Crippen LogP contribution in [0.4, 0.5) is 5.69 Å². The molecule has 0 saturated heterocycles. The number of halogens is 1. The minimum Gasteiger partial charge on any atom is -0.486 e. The summed E-state index contributed by atoms with van der Waals surface area (Å²) in [5, 5.41) is 8.93. The molecular formula is C15H12ClNO6S. The van der Waals surface area contributed by atoms with Crippen LogP contribution in [0.15, 0.2) is 41.3 Å². The van der Waals surface area contributed by atoms with Crippen molar-refractivity contribution in [3.05, 3.63) is 47.0 Å². The predicted molar refractivity (Wildman–Crippen MR) is 86.7 cm³/mol. The zero-order chi connectivity index (χ0) is 17.3. The molecule has 0 spiro atoms. The summed E-state index contributed by atoms with van der Waals surface area (Å²) in [6.07, 6.45) is 0. The first kappa shape index (κ1) is 16.4. The molecule has 0 atom stereocenters. The van der Waals surface area contributed by atoms with E-state index in [1.54, 1.807) is 12.1 Å². The molecule has 3 rings (SSSR count). The Labute approximate surface area is 142 Å². The van der Waals surface area contributed by atoms with Crippen molar-refractivity contribution in [2.75, 3.05) is 17.9 Å². The molecule has 0 bridgehead atoms. The Balaban J connectivity index is 2.01. The van der Waals surface area contributed by atoms with Crippen molar-refractivity contribution in [1.29, 1.82) is 0 Å². The van der Waals surface area contributed by atoms with E-state index in [0.29, 0.717) is 19.0 Å². The van der Waals surface area contributed by atoms with Crippen LogP contribution in [-0.2, 0) is 10.0 Å². The first-order valence-corrected chi connectivity index (χ1v) is 8.69. The summed E-state index contributed by atoms with van der Waals surface area (Å²) in [5.74, 6) is -0.554. The van der Waals surface area contributed by atoms with Crippen LogP contribution in [0.5, 0.6) is 11.5 Å². The molecule has 2 aromatic carbocycles. The topological polar surface area (TPSA) is 102 Å². The molecule has 0 radical (unpaired) electrons. The van der Waals surface area contributed by atoms with Gasteiger partial charge < -0.3 is 14.6 Å². The average molecular weight is 370 g/mol. The SMILES string of the molecule is O=C(O)c1ccc(Cl)c(S(=O)(=O)Nc2cccc3c2OCCO3)c1. The van der Waals surface area contributed by atoms with Crippen molar-refractivity contribution in [1.82, 2.24) is 0 Å². The summed E-state index contributed by atoms with van der Waals surface area (Å²) in [4.78, 5) is 10.7. The maximum absolute atomic E-state index is 12.6. The summed E-state index contributed by atoms with van der Waals surface area (Å²) in [7, 11) is -4.11. The van der Waals surface area contributed by atoms with Gasteiger partial charge in [0.2, 0.25) is 0 Å². The van der Waals surface area contributed by atoms with Crippen molar-refractivity contribution < 1.29 is 27.8 Å². The summed E-state index contributed by atoms with van der Waals surface area (Å²) in [6.45, 7) is 0.663. The molecule has 126 valence electrons.